The van der Waals surface area contributed by atoms with Crippen molar-refractivity contribution in [1.29, 1.82) is 0 Å². The SMILES string of the molecule is CCNC(=NCc1cc2c(cc1OC(F)F)OCO2)NCC(C)Cn1cccn1.I. The molecule has 0 fully saturated rings. The van der Waals surface area contributed by atoms with E-state index in [9.17, 15) is 8.78 Å². The van der Waals surface area contributed by atoms with Gasteiger partial charge < -0.3 is 24.8 Å². The molecule has 0 saturated heterocycles. The van der Waals surface area contributed by atoms with Crippen LogP contribution >= 0.6 is 24.0 Å². The van der Waals surface area contributed by atoms with Crippen LogP contribution in [0.4, 0.5) is 8.78 Å². The number of nitrogens with one attached hydrogen (secondary N) is 2. The van der Waals surface area contributed by atoms with Gasteiger partial charge in [-0.2, -0.15) is 13.9 Å². The predicted molar refractivity (Wildman–Crippen MR) is 119 cm³/mol. The van der Waals surface area contributed by atoms with Crippen molar-refractivity contribution in [2.24, 2.45) is 10.9 Å². The minimum atomic E-state index is -2.94. The summed E-state index contributed by atoms with van der Waals surface area (Å²) in [6.07, 6.45) is 3.66. The number of halogens is 3. The van der Waals surface area contributed by atoms with Crippen LogP contribution in [-0.2, 0) is 13.1 Å². The van der Waals surface area contributed by atoms with E-state index in [0.29, 0.717) is 42.0 Å². The minimum absolute atomic E-state index is 0. The van der Waals surface area contributed by atoms with Gasteiger partial charge in [-0.3, -0.25) is 4.68 Å². The van der Waals surface area contributed by atoms with E-state index < -0.39 is 6.61 Å². The van der Waals surface area contributed by atoms with E-state index >= 15 is 0 Å². The van der Waals surface area contributed by atoms with Crippen molar-refractivity contribution in [1.82, 2.24) is 20.4 Å². The third-order valence-electron chi connectivity index (χ3n) is 4.20. The summed E-state index contributed by atoms with van der Waals surface area (Å²) >= 11 is 0. The molecule has 1 unspecified atom stereocenters. The summed E-state index contributed by atoms with van der Waals surface area (Å²) in [6, 6.07) is 4.91. The molecule has 11 heteroatoms. The molecule has 0 saturated carbocycles. The Labute approximate surface area is 191 Å². The molecular formula is C19H26F2IN5O3. The Kier molecular flexibility index (Phi) is 9.40. The molecule has 8 nitrogen and oxygen atoms in total. The molecule has 1 aliphatic rings. The third-order valence-corrected chi connectivity index (χ3v) is 4.20. The third kappa shape index (κ3) is 6.89. The Balaban J connectivity index is 0.00000320. The van der Waals surface area contributed by atoms with Crippen LogP contribution in [-0.4, -0.2) is 42.2 Å². The maximum Gasteiger partial charge on any atom is 0.387 e. The molecular weight excluding hydrogens is 511 g/mol. The fourth-order valence-corrected chi connectivity index (χ4v) is 2.86. The molecule has 2 heterocycles. The van der Waals surface area contributed by atoms with E-state index in [0.717, 1.165) is 6.54 Å². The van der Waals surface area contributed by atoms with E-state index in [4.69, 9.17) is 9.47 Å². The first-order valence-electron chi connectivity index (χ1n) is 9.42. The van der Waals surface area contributed by atoms with Crippen LogP contribution in [0.15, 0.2) is 35.6 Å². The second kappa shape index (κ2) is 11.8. The molecule has 0 amide bonds. The van der Waals surface area contributed by atoms with Crippen molar-refractivity contribution in [3.63, 3.8) is 0 Å². The summed E-state index contributed by atoms with van der Waals surface area (Å²) in [4.78, 5) is 4.50. The number of benzene rings is 1. The largest absolute Gasteiger partial charge is 0.454 e. The average molecular weight is 537 g/mol. The molecule has 2 N–H and O–H groups in total. The number of hydrogen-bond acceptors (Lipinski definition) is 5. The first-order valence-corrected chi connectivity index (χ1v) is 9.42. The number of rotatable bonds is 9. The first kappa shape index (κ1) is 24.0. The zero-order valence-electron chi connectivity index (χ0n) is 16.8. The molecule has 30 heavy (non-hydrogen) atoms. The van der Waals surface area contributed by atoms with Crippen molar-refractivity contribution in [3.8, 4) is 17.2 Å². The van der Waals surface area contributed by atoms with Crippen molar-refractivity contribution in [3.05, 3.63) is 36.2 Å². The summed E-state index contributed by atoms with van der Waals surface area (Å²) in [5, 5.41) is 10.6. The predicted octanol–water partition coefficient (Wildman–Crippen LogP) is 3.22. The normalized spacial score (nSPS) is 13.7. The average Bonchev–Trinajstić information content (AvgIpc) is 3.34. The highest BCUT2D eigenvalue weighted by Crippen LogP contribution is 2.39. The van der Waals surface area contributed by atoms with Crippen LogP contribution < -0.4 is 24.8 Å². The molecule has 0 spiro atoms. The second-order valence-electron chi connectivity index (χ2n) is 6.60. The topological polar surface area (TPSA) is 81.9 Å². The van der Waals surface area contributed by atoms with Gasteiger partial charge in [0.1, 0.15) is 5.75 Å². The Morgan fingerprint density at radius 1 is 1.30 bits per heavy atom. The Bertz CT molecular complexity index is 821. The van der Waals surface area contributed by atoms with Crippen LogP contribution in [0.2, 0.25) is 0 Å². The minimum Gasteiger partial charge on any atom is -0.454 e. The van der Waals surface area contributed by atoms with Gasteiger partial charge in [0.25, 0.3) is 0 Å². The highest BCUT2D eigenvalue weighted by molar-refractivity contribution is 14.0. The molecule has 2 aromatic rings. The highest BCUT2D eigenvalue weighted by Gasteiger charge is 2.20. The zero-order chi connectivity index (χ0) is 20.6. The van der Waals surface area contributed by atoms with Crippen LogP contribution in [0.5, 0.6) is 17.2 Å². The Hall–Kier alpha value is -2.31. The molecule has 3 rings (SSSR count). The molecule has 0 aliphatic carbocycles. The van der Waals surface area contributed by atoms with Gasteiger partial charge in [0, 0.05) is 43.7 Å². The second-order valence-corrected chi connectivity index (χ2v) is 6.60. The lowest BCUT2D eigenvalue weighted by atomic mass is 10.1. The summed E-state index contributed by atoms with van der Waals surface area (Å²) in [5.41, 5.74) is 0.483. The van der Waals surface area contributed by atoms with E-state index in [-0.39, 0.29) is 43.1 Å². The van der Waals surface area contributed by atoms with Crippen molar-refractivity contribution < 1.29 is 23.0 Å². The number of aromatic nitrogens is 2. The van der Waals surface area contributed by atoms with Gasteiger partial charge >= 0.3 is 6.61 Å². The van der Waals surface area contributed by atoms with E-state index in [2.05, 4.69) is 32.4 Å². The van der Waals surface area contributed by atoms with E-state index in [1.54, 1.807) is 12.3 Å². The van der Waals surface area contributed by atoms with E-state index in [1.165, 1.54) is 6.07 Å². The van der Waals surface area contributed by atoms with Gasteiger partial charge in [-0.25, -0.2) is 4.99 Å². The van der Waals surface area contributed by atoms with Gasteiger partial charge in [0.05, 0.1) is 6.54 Å². The number of ether oxygens (including phenoxy) is 3. The lowest BCUT2D eigenvalue weighted by Crippen LogP contribution is -2.40. The number of hydrogen-bond donors (Lipinski definition) is 2. The summed E-state index contributed by atoms with van der Waals surface area (Å²) in [7, 11) is 0. The zero-order valence-corrected chi connectivity index (χ0v) is 19.1. The highest BCUT2D eigenvalue weighted by atomic mass is 127. The standard InChI is InChI=1S/C19H25F2N5O3.HI/c1-3-22-19(23-9-13(2)11-26-6-4-5-25-26)24-10-14-7-16-17(28-12-27-16)8-15(14)29-18(20)21;/h4-8,13,18H,3,9-12H2,1-2H3,(H2,22,23,24);1H. The maximum absolute atomic E-state index is 12.8. The van der Waals surface area contributed by atoms with Crippen molar-refractivity contribution in [2.75, 3.05) is 19.9 Å². The monoisotopic (exact) mass is 537 g/mol. The molecule has 1 aliphatic heterocycles. The number of alkyl halides is 2. The molecule has 166 valence electrons. The van der Waals surface area contributed by atoms with Crippen LogP contribution in [0.3, 0.4) is 0 Å². The van der Waals surface area contributed by atoms with Crippen molar-refractivity contribution in [2.45, 2.75) is 33.5 Å². The maximum atomic E-state index is 12.8. The van der Waals surface area contributed by atoms with Gasteiger partial charge in [0.2, 0.25) is 6.79 Å². The summed E-state index contributed by atoms with van der Waals surface area (Å²) in [6.45, 7) is 3.42. The van der Waals surface area contributed by atoms with Crippen molar-refractivity contribution >= 4 is 29.9 Å². The molecule has 1 aromatic carbocycles. The van der Waals surface area contributed by atoms with Crippen LogP contribution in [0.25, 0.3) is 0 Å². The quantitative estimate of drug-likeness (QED) is 0.291. The van der Waals surface area contributed by atoms with Crippen LogP contribution in [0.1, 0.15) is 19.4 Å². The number of fused-ring (bicyclic) bond motifs is 1. The van der Waals surface area contributed by atoms with Gasteiger partial charge in [-0.05, 0) is 25.0 Å². The summed E-state index contributed by atoms with van der Waals surface area (Å²) in [5.74, 6) is 1.78. The lowest BCUT2D eigenvalue weighted by Gasteiger charge is -2.16. The van der Waals surface area contributed by atoms with Crippen LogP contribution in [0, 0.1) is 5.92 Å². The molecule has 1 atom stereocenters. The number of guanidine groups is 1. The fourth-order valence-electron chi connectivity index (χ4n) is 2.86. The fraction of sp³-hybridized carbons (Fsp3) is 0.474. The van der Waals surface area contributed by atoms with Gasteiger partial charge in [0.15, 0.2) is 17.5 Å². The number of nitrogens with zero attached hydrogens (tertiary/aromatic N) is 3. The Morgan fingerprint density at radius 3 is 2.73 bits per heavy atom. The molecule has 0 bridgehead atoms. The van der Waals surface area contributed by atoms with Gasteiger partial charge in [-0.1, -0.05) is 6.92 Å². The number of aliphatic imine (C=N–C) groups is 1. The lowest BCUT2D eigenvalue weighted by molar-refractivity contribution is -0.0505. The van der Waals surface area contributed by atoms with Gasteiger partial charge in [-0.15, -0.1) is 24.0 Å². The molecule has 0 radical (unpaired) electrons. The van der Waals surface area contributed by atoms with E-state index in [1.807, 2.05) is 23.9 Å². The smallest absolute Gasteiger partial charge is 0.387 e. The first-order chi connectivity index (χ1) is 14.0. The Morgan fingerprint density at radius 2 is 2.07 bits per heavy atom. The summed E-state index contributed by atoms with van der Waals surface area (Å²) < 4.78 is 42.6. The molecule has 1 aromatic heterocycles.